The number of aryl methyl sites for hydroxylation is 3. The third-order valence-corrected chi connectivity index (χ3v) is 7.30. The minimum absolute atomic E-state index is 0.413. The largest absolute Gasteiger partial charge is 0.482 e. The lowest BCUT2D eigenvalue weighted by molar-refractivity contribution is -0.123. The van der Waals surface area contributed by atoms with Crippen LogP contribution in [0.1, 0.15) is 54.4 Å². The van der Waals surface area contributed by atoms with Crippen molar-refractivity contribution in [1.29, 1.82) is 0 Å². The van der Waals surface area contributed by atoms with Gasteiger partial charge in [0, 0.05) is 19.5 Å². The molecule has 1 saturated carbocycles. The molecule has 1 spiro atoms. The number of hydrogen-bond donors (Lipinski definition) is 0. The summed E-state index contributed by atoms with van der Waals surface area (Å²) in [7, 11) is 1.61. The molecule has 0 N–H and O–H groups in total. The number of piperidine rings is 1. The van der Waals surface area contributed by atoms with Crippen molar-refractivity contribution in [1.82, 2.24) is 4.90 Å². The summed E-state index contributed by atoms with van der Waals surface area (Å²) in [5.74, 6) is 1.27. The summed E-state index contributed by atoms with van der Waals surface area (Å²) in [4.78, 5) is 19.3. The smallest absolute Gasteiger partial charge is 0.225 e. The van der Waals surface area contributed by atoms with Gasteiger partial charge in [-0.05, 0) is 85.8 Å². The summed E-state index contributed by atoms with van der Waals surface area (Å²) < 4.78 is 11.4. The maximum absolute atomic E-state index is 11.7. The fourth-order valence-corrected chi connectivity index (χ4v) is 4.50. The van der Waals surface area contributed by atoms with Crippen molar-refractivity contribution in [3.8, 4) is 5.75 Å². The second kappa shape index (κ2) is 11.0. The van der Waals surface area contributed by atoms with E-state index in [9.17, 15) is 4.79 Å². The molecule has 1 aliphatic heterocycles. The molecular formula is C28H36N2O4. The molecule has 0 bridgehead atoms. The van der Waals surface area contributed by atoms with Crippen LogP contribution in [0.3, 0.4) is 0 Å². The number of carbonyl (C=O) groups is 1. The van der Waals surface area contributed by atoms with Gasteiger partial charge < -0.3 is 14.3 Å². The Morgan fingerprint density at radius 1 is 1.03 bits per heavy atom. The van der Waals surface area contributed by atoms with Crippen molar-refractivity contribution in [3.63, 3.8) is 0 Å². The number of benzene rings is 2. The predicted molar refractivity (Wildman–Crippen MR) is 133 cm³/mol. The number of methoxy groups -OCH3 is 1. The van der Waals surface area contributed by atoms with Crippen LogP contribution in [0.15, 0.2) is 47.6 Å². The number of hydrogen-bond acceptors (Lipinski definition) is 6. The van der Waals surface area contributed by atoms with E-state index in [1.165, 1.54) is 36.8 Å². The molecule has 2 aromatic carbocycles. The van der Waals surface area contributed by atoms with Crippen LogP contribution in [0.2, 0.25) is 0 Å². The lowest BCUT2D eigenvalue weighted by Gasteiger charge is -2.35. The molecule has 6 nitrogen and oxygen atoms in total. The molecule has 0 radical (unpaired) electrons. The van der Waals surface area contributed by atoms with Crippen molar-refractivity contribution >= 4 is 12.2 Å². The van der Waals surface area contributed by atoms with Gasteiger partial charge in [0.1, 0.15) is 12.4 Å². The maximum Gasteiger partial charge on any atom is 0.225 e. The molecule has 1 unspecified atom stereocenters. The molecule has 2 aromatic rings. The molecule has 2 aliphatic rings. The van der Waals surface area contributed by atoms with Gasteiger partial charge in [0.05, 0.1) is 7.11 Å². The molecule has 6 heteroatoms. The topological polar surface area (TPSA) is 60.4 Å². The minimum atomic E-state index is -0.511. The zero-order chi connectivity index (χ0) is 24.0. The number of nitrogens with zero attached hydrogens (tertiary/aromatic N) is 2. The first-order valence-corrected chi connectivity index (χ1v) is 12.2. The van der Waals surface area contributed by atoms with Crippen LogP contribution in [0.4, 0.5) is 0 Å². The summed E-state index contributed by atoms with van der Waals surface area (Å²) in [6.07, 6.45) is 6.86. The summed E-state index contributed by atoms with van der Waals surface area (Å²) in [5, 5.41) is 4.16. The van der Waals surface area contributed by atoms with Gasteiger partial charge in [0.2, 0.25) is 12.1 Å². The van der Waals surface area contributed by atoms with E-state index in [0.717, 1.165) is 36.9 Å². The van der Waals surface area contributed by atoms with Gasteiger partial charge in [0.15, 0.2) is 6.29 Å². The molecule has 1 heterocycles. The average molecular weight is 465 g/mol. The lowest BCUT2D eigenvalue weighted by atomic mass is 9.94. The van der Waals surface area contributed by atoms with E-state index in [-0.39, 0.29) is 0 Å². The lowest BCUT2D eigenvalue weighted by Crippen LogP contribution is -2.45. The number of aldehydes is 1. The van der Waals surface area contributed by atoms with Crippen LogP contribution in [0.5, 0.6) is 5.75 Å². The second-order valence-electron chi connectivity index (χ2n) is 9.71. The monoisotopic (exact) mass is 464 g/mol. The van der Waals surface area contributed by atoms with Crippen molar-refractivity contribution in [2.75, 3.05) is 20.2 Å². The highest BCUT2D eigenvalue weighted by atomic mass is 16.6. The third-order valence-electron chi connectivity index (χ3n) is 7.30. The Balaban J connectivity index is 1.23. The standard InChI is InChI=1S/C28H36N2O4/c1-21-4-5-24(18-22(21)2)20-33-29-26(32-3)11-8-23-6-9-25(10-7-23)34-27(19-31)30-16-14-28(12-13-28)15-17-30/h4-7,9-10,18-19,27H,8,11-17,20H2,1-3H3. The van der Waals surface area contributed by atoms with E-state index in [0.29, 0.717) is 30.1 Å². The molecule has 1 saturated heterocycles. The minimum Gasteiger partial charge on any atom is -0.482 e. The van der Waals surface area contributed by atoms with E-state index in [4.69, 9.17) is 14.3 Å². The van der Waals surface area contributed by atoms with Gasteiger partial charge >= 0.3 is 0 Å². The first-order valence-electron chi connectivity index (χ1n) is 12.2. The number of oxime groups is 1. The van der Waals surface area contributed by atoms with Gasteiger partial charge in [0.25, 0.3) is 0 Å². The van der Waals surface area contributed by atoms with E-state index < -0.39 is 6.23 Å². The van der Waals surface area contributed by atoms with Crippen LogP contribution in [-0.2, 0) is 27.4 Å². The van der Waals surface area contributed by atoms with Crippen molar-refractivity contribution in [2.45, 2.75) is 65.2 Å². The highest BCUT2D eigenvalue weighted by Gasteiger charge is 2.45. The number of carbonyl (C=O) groups excluding carboxylic acids is 1. The summed E-state index contributed by atoms with van der Waals surface area (Å²) in [6.45, 7) is 6.47. The van der Waals surface area contributed by atoms with Crippen LogP contribution in [-0.4, -0.2) is 43.5 Å². The molecule has 2 fully saturated rings. The van der Waals surface area contributed by atoms with E-state index in [2.05, 4.69) is 42.1 Å². The third kappa shape index (κ3) is 6.38. The molecule has 182 valence electrons. The van der Waals surface area contributed by atoms with Crippen LogP contribution in [0.25, 0.3) is 0 Å². The van der Waals surface area contributed by atoms with Crippen LogP contribution in [0, 0.1) is 19.3 Å². The SMILES string of the molecule is COC(CCc1ccc(OC(C=O)N2CCC3(CC2)CC3)cc1)=NOCc1ccc(C)c(C)c1. The van der Waals surface area contributed by atoms with Crippen molar-refractivity contribution in [3.05, 3.63) is 64.7 Å². The zero-order valence-corrected chi connectivity index (χ0v) is 20.6. The summed E-state index contributed by atoms with van der Waals surface area (Å²) in [6, 6.07) is 14.2. The van der Waals surface area contributed by atoms with Gasteiger partial charge in [-0.2, -0.15) is 0 Å². The first-order chi connectivity index (χ1) is 16.5. The number of likely N-dealkylation sites (tertiary alicyclic amines) is 1. The Morgan fingerprint density at radius 2 is 1.74 bits per heavy atom. The fraction of sp³-hybridized carbons (Fsp3) is 0.500. The Hall–Kier alpha value is -2.86. The van der Waals surface area contributed by atoms with Crippen LogP contribution >= 0.6 is 0 Å². The average Bonchev–Trinajstić information content (AvgIpc) is 3.62. The fourth-order valence-electron chi connectivity index (χ4n) is 4.50. The van der Waals surface area contributed by atoms with Crippen molar-refractivity contribution in [2.24, 2.45) is 10.6 Å². The highest BCUT2D eigenvalue weighted by Crippen LogP contribution is 2.53. The maximum atomic E-state index is 11.7. The normalized spacial score (nSPS) is 18.4. The molecule has 0 amide bonds. The number of rotatable bonds is 10. The zero-order valence-electron chi connectivity index (χ0n) is 20.6. The highest BCUT2D eigenvalue weighted by molar-refractivity contribution is 5.75. The Morgan fingerprint density at radius 3 is 2.35 bits per heavy atom. The molecule has 1 aliphatic carbocycles. The molecular weight excluding hydrogens is 428 g/mol. The molecule has 34 heavy (non-hydrogen) atoms. The van der Waals surface area contributed by atoms with Gasteiger partial charge in [-0.25, -0.2) is 0 Å². The van der Waals surface area contributed by atoms with E-state index in [1.54, 1.807) is 7.11 Å². The van der Waals surface area contributed by atoms with Crippen molar-refractivity contribution < 1.29 is 19.1 Å². The van der Waals surface area contributed by atoms with Crippen LogP contribution < -0.4 is 4.74 Å². The Bertz CT molecular complexity index is 988. The molecule has 1 atom stereocenters. The first kappa shape index (κ1) is 24.3. The van der Waals surface area contributed by atoms with E-state index >= 15 is 0 Å². The Kier molecular flexibility index (Phi) is 7.88. The molecule has 4 rings (SSSR count). The van der Waals surface area contributed by atoms with Gasteiger partial charge in [-0.15, -0.1) is 0 Å². The Labute approximate surface area is 202 Å². The van der Waals surface area contributed by atoms with Gasteiger partial charge in [-0.3, -0.25) is 9.69 Å². The second-order valence-corrected chi connectivity index (χ2v) is 9.71. The summed E-state index contributed by atoms with van der Waals surface area (Å²) >= 11 is 0. The quantitative estimate of drug-likeness (QED) is 0.210. The number of ether oxygens (including phenoxy) is 2. The summed E-state index contributed by atoms with van der Waals surface area (Å²) in [5.41, 5.74) is 5.32. The predicted octanol–water partition coefficient (Wildman–Crippen LogP) is 5.19. The molecule has 0 aromatic heterocycles. The van der Waals surface area contributed by atoms with E-state index in [1.807, 2.05) is 24.3 Å². The van der Waals surface area contributed by atoms with Gasteiger partial charge in [-0.1, -0.05) is 35.5 Å².